The van der Waals surface area contributed by atoms with Crippen LogP contribution in [0.2, 0.25) is 5.02 Å². The van der Waals surface area contributed by atoms with E-state index in [1.54, 1.807) is 12.1 Å². The van der Waals surface area contributed by atoms with Crippen molar-refractivity contribution in [2.45, 2.75) is 0 Å². The fourth-order valence-electron chi connectivity index (χ4n) is 1.19. The van der Waals surface area contributed by atoms with Crippen LogP contribution in [0.4, 0.5) is 0 Å². The topological polar surface area (TPSA) is 35.5 Å². The first-order valence-corrected chi connectivity index (χ1v) is 4.60. The van der Waals surface area contributed by atoms with E-state index in [0.29, 0.717) is 17.1 Å². The Morgan fingerprint density at radius 3 is 2.53 bits per heavy atom. The molecule has 0 amide bonds. The van der Waals surface area contributed by atoms with E-state index in [1.165, 1.54) is 20.3 Å². The average molecular weight is 227 g/mol. The molecule has 0 aliphatic carbocycles. The SMILES string of the molecule is C=CC(=O)c1ccc(OC)c(OC)c1Cl. The van der Waals surface area contributed by atoms with Crippen LogP contribution < -0.4 is 9.47 Å². The van der Waals surface area contributed by atoms with Crippen LogP contribution in [0.1, 0.15) is 10.4 Å². The van der Waals surface area contributed by atoms with Gasteiger partial charge < -0.3 is 9.47 Å². The van der Waals surface area contributed by atoms with Gasteiger partial charge in [-0.25, -0.2) is 0 Å². The Balaban J connectivity index is 3.35. The first-order chi connectivity index (χ1) is 7.15. The van der Waals surface area contributed by atoms with E-state index in [-0.39, 0.29) is 10.8 Å². The molecule has 15 heavy (non-hydrogen) atoms. The Kier molecular flexibility index (Phi) is 3.74. The first-order valence-electron chi connectivity index (χ1n) is 4.23. The van der Waals surface area contributed by atoms with Crippen LogP contribution in [-0.4, -0.2) is 20.0 Å². The summed E-state index contributed by atoms with van der Waals surface area (Å²) in [4.78, 5) is 11.4. The number of halogens is 1. The van der Waals surface area contributed by atoms with E-state index in [9.17, 15) is 4.79 Å². The molecule has 0 N–H and O–H groups in total. The molecule has 0 saturated carbocycles. The third kappa shape index (κ3) is 2.13. The lowest BCUT2D eigenvalue weighted by Gasteiger charge is -2.10. The highest BCUT2D eigenvalue weighted by Gasteiger charge is 2.15. The number of ketones is 1. The minimum absolute atomic E-state index is 0.238. The first kappa shape index (κ1) is 11.6. The van der Waals surface area contributed by atoms with Gasteiger partial charge in [0.1, 0.15) is 0 Å². The maximum Gasteiger partial charge on any atom is 0.186 e. The minimum atomic E-state index is -0.249. The number of methoxy groups -OCH3 is 2. The van der Waals surface area contributed by atoms with E-state index < -0.39 is 0 Å². The van der Waals surface area contributed by atoms with Gasteiger partial charge in [-0.15, -0.1) is 0 Å². The maximum absolute atomic E-state index is 11.4. The number of carbonyl (C=O) groups is 1. The third-order valence-electron chi connectivity index (χ3n) is 1.94. The molecule has 0 fully saturated rings. The van der Waals surface area contributed by atoms with Crippen LogP contribution in [0.5, 0.6) is 11.5 Å². The number of hydrogen-bond donors (Lipinski definition) is 0. The molecule has 0 aliphatic rings. The highest BCUT2D eigenvalue weighted by Crippen LogP contribution is 2.37. The minimum Gasteiger partial charge on any atom is -0.493 e. The fourth-order valence-corrected chi connectivity index (χ4v) is 1.52. The lowest BCUT2D eigenvalue weighted by atomic mass is 10.1. The molecular formula is C11H11ClO3. The van der Waals surface area contributed by atoms with Gasteiger partial charge in [0.2, 0.25) is 0 Å². The van der Waals surface area contributed by atoms with Crippen molar-refractivity contribution in [1.29, 1.82) is 0 Å². The Bertz CT molecular complexity index is 399. The molecule has 1 aromatic rings. The molecule has 0 radical (unpaired) electrons. The van der Waals surface area contributed by atoms with Crippen LogP contribution in [0.3, 0.4) is 0 Å². The molecule has 0 spiro atoms. The number of carbonyl (C=O) groups excluding carboxylic acids is 1. The predicted octanol–water partition coefficient (Wildman–Crippen LogP) is 2.73. The molecule has 0 saturated heterocycles. The lowest BCUT2D eigenvalue weighted by molar-refractivity contribution is 0.104. The van der Waals surface area contributed by atoms with Gasteiger partial charge in [-0.3, -0.25) is 4.79 Å². The molecule has 4 heteroatoms. The third-order valence-corrected chi connectivity index (χ3v) is 2.31. The summed E-state index contributed by atoms with van der Waals surface area (Å²) in [5.41, 5.74) is 0.351. The number of ether oxygens (including phenoxy) is 2. The van der Waals surface area contributed by atoms with E-state index in [4.69, 9.17) is 21.1 Å². The van der Waals surface area contributed by atoms with E-state index in [2.05, 4.69) is 6.58 Å². The average Bonchev–Trinajstić information content (AvgIpc) is 2.27. The highest BCUT2D eigenvalue weighted by atomic mass is 35.5. The molecule has 0 bridgehead atoms. The van der Waals surface area contributed by atoms with Gasteiger partial charge in [0.25, 0.3) is 0 Å². The molecule has 0 aliphatic heterocycles. The summed E-state index contributed by atoms with van der Waals surface area (Å²) in [6, 6.07) is 3.20. The standard InChI is InChI=1S/C11H11ClO3/c1-4-8(13)7-5-6-9(14-2)11(15-3)10(7)12/h4-6H,1H2,2-3H3. The summed E-state index contributed by atoms with van der Waals surface area (Å²) in [7, 11) is 2.97. The second kappa shape index (κ2) is 4.84. The fraction of sp³-hybridized carbons (Fsp3) is 0.182. The van der Waals surface area contributed by atoms with Crippen molar-refractivity contribution in [3.63, 3.8) is 0 Å². The quantitative estimate of drug-likeness (QED) is 0.585. The number of hydrogen-bond acceptors (Lipinski definition) is 3. The summed E-state index contributed by atoms with van der Waals surface area (Å²) in [6.45, 7) is 3.40. The molecule has 80 valence electrons. The molecule has 1 aromatic carbocycles. The Hall–Kier alpha value is -1.48. The van der Waals surface area contributed by atoms with Crippen molar-refractivity contribution < 1.29 is 14.3 Å². The number of allylic oxidation sites excluding steroid dienone is 1. The van der Waals surface area contributed by atoms with Crippen molar-refractivity contribution in [2.24, 2.45) is 0 Å². The van der Waals surface area contributed by atoms with E-state index >= 15 is 0 Å². The molecule has 1 rings (SSSR count). The molecule has 0 unspecified atom stereocenters. The van der Waals surface area contributed by atoms with Crippen LogP contribution in [0, 0.1) is 0 Å². The zero-order chi connectivity index (χ0) is 11.4. The highest BCUT2D eigenvalue weighted by molar-refractivity contribution is 6.36. The molecule has 0 aromatic heterocycles. The van der Waals surface area contributed by atoms with Gasteiger partial charge >= 0.3 is 0 Å². The summed E-state index contributed by atoms with van der Waals surface area (Å²) < 4.78 is 10.1. The zero-order valence-electron chi connectivity index (χ0n) is 8.54. The monoisotopic (exact) mass is 226 g/mol. The van der Waals surface area contributed by atoms with Gasteiger partial charge in [0.15, 0.2) is 17.3 Å². The van der Waals surface area contributed by atoms with Crippen molar-refractivity contribution in [2.75, 3.05) is 14.2 Å². The Morgan fingerprint density at radius 1 is 1.40 bits per heavy atom. The smallest absolute Gasteiger partial charge is 0.186 e. The van der Waals surface area contributed by atoms with Crippen LogP contribution >= 0.6 is 11.6 Å². The Morgan fingerprint density at radius 2 is 2.07 bits per heavy atom. The maximum atomic E-state index is 11.4. The van der Waals surface area contributed by atoms with Crippen molar-refractivity contribution in [3.8, 4) is 11.5 Å². The van der Waals surface area contributed by atoms with Crippen molar-refractivity contribution in [1.82, 2.24) is 0 Å². The predicted molar refractivity (Wildman–Crippen MR) is 59.1 cm³/mol. The molecule has 0 heterocycles. The van der Waals surface area contributed by atoms with Crippen molar-refractivity contribution >= 4 is 17.4 Å². The summed E-state index contributed by atoms with van der Waals surface area (Å²) >= 11 is 5.99. The van der Waals surface area contributed by atoms with Crippen LogP contribution in [0.15, 0.2) is 24.8 Å². The zero-order valence-corrected chi connectivity index (χ0v) is 9.30. The normalized spacial score (nSPS) is 9.53. The van der Waals surface area contributed by atoms with Crippen molar-refractivity contribution in [3.05, 3.63) is 35.4 Å². The number of rotatable bonds is 4. The van der Waals surface area contributed by atoms with E-state index in [0.717, 1.165) is 0 Å². The summed E-state index contributed by atoms with van der Waals surface area (Å²) in [6.07, 6.45) is 1.20. The van der Waals surface area contributed by atoms with Gasteiger partial charge in [-0.05, 0) is 18.2 Å². The second-order valence-electron chi connectivity index (χ2n) is 2.73. The van der Waals surface area contributed by atoms with Crippen LogP contribution in [0.25, 0.3) is 0 Å². The Labute approximate surface area is 93.3 Å². The second-order valence-corrected chi connectivity index (χ2v) is 3.11. The molecular weight excluding hydrogens is 216 g/mol. The van der Waals surface area contributed by atoms with Gasteiger partial charge in [-0.2, -0.15) is 0 Å². The van der Waals surface area contributed by atoms with Gasteiger partial charge in [0, 0.05) is 5.56 Å². The molecule has 3 nitrogen and oxygen atoms in total. The largest absolute Gasteiger partial charge is 0.493 e. The van der Waals surface area contributed by atoms with Gasteiger partial charge in [0.05, 0.1) is 19.2 Å². The number of benzene rings is 1. The van der Waals surface area contributed by atoms with Gasteiger partial charge in [-0.1, -0.05) is 18.2 Å². The van der Waals surface area contributed by atoms with Crippen LogP contribution in [-0.2, 0) is 0 Å². The molecule has 0 atom stereocenters. The summed E-state index contributed by atoms with van der Waals surface area (Å²) in [5.74, 6) is 0.593. The lowest BCUT2D eigenvalue weighted by Crippen LogP contribution is -1.99. The van der Waals surface area contributed by atoms with E-state index in [1.807, 2.05) is 0 Å². The summed E-state index contributed by atoms with van der Waals surface area (Å²) in [5, 5.41) is 0.238.